The van der Waals surface area contributed by atoms with Gasteiger partial charge in [0.05, 0.1) is 11.6 Å². The van der Waals surface area contributed by atoms with Gasteiger partial charge in [0.25, 0.3) is 0 Å². The van der Waals surface area contributed by atoms with E-state index < -0.39 is 0 Å². The second kappa shape index (κ2) is 6.79. The first-order valence-corrected chi connectivity index (χ1v) is 6.79. The standard InChI is InChI=1S/C16H22N2O2/c1-11-5-7-14-9-13(6-8-15(14)18-11)10-17-12(2)16(19-3)20-4/h5-9,12,16-17H,10H2,1-4H3. The maximum absolute atomic E-state index is 5.24. The van der Waals surface area contributed by atoms with Crippen molar-refractivity contribution in [1.29, 1.82) is 0 Å². The summed E-state index contributed by atoms with van der Waals surface area (Å²) in [7, 11) is 3.30. The molecule has 0 spiro atoms. The highest BCUT2D eigenvalue weighted by atomic mass is 16.7. The van der Waals surface area contributed by atoms with Crippen LogP contribution in [-0.4, -0.2) is 31.5 Å². The zero-order valence-corrected chi connectivity index (χ0v) is 12.5. The summed E-state index contributed by atoms with van der Waals surface area (Å²) in [4.78, 5) is 4.51. The molecule has 1 aromatic heterocycles. The molecule has 0 fully saturated rings. The number of aromatic nitrogens is 1. The number of methoxy groups -OCH3 is 2. The van der Waals surface area contributed by atoms with Crippen molar-refractivity contribution < 1.29 is 9.47 Å². The molecule has 1 heterocycles. The Bertz CT molecular complexity index is 567. The first-order valence-electron chi connectivity index (χ1n) is 6.79. The van der Waals surface area contributed by atoms with E-state index in [4.69, 9.17) is 9.47 Å². The van der Waals surface area contributed by atoms with Gasteiger partial charge < -0.3 is 14.8 Å². The zero-order chi connectivity index (χ0) is 14.5. The molecule has 2 rings (SSSR count). The predicted molar refractivity (Wildman–Crippen MR) is 80.6 cm³/mol. The Hall–Kier alpha value is -1.49. The fraction of sp³-hybridized carbons (Fsp3) is 0.438. The van der Waals surface area contributed by atoms with Gasteiger partial charge in [0.2, 0.25) is 0 Å². The van der Waals surface area contributed by atoms with E-state index in [9.17, 15) is 0 Å². The van der Waals surface area contributed by atoms with Crippen LogP contribution in [-0.2, 0) is 16.0 Å². The van der Waals surface area contributed by atoms with Gasteiger partial charge in [0.1, 0.15) is 0 Å². The number of benzene rings is 1. The van der Waals surface area contributed by atoms with Gasteiger partial charge in [-0.05, 0) is 37.6 Å². The number of hydrogen-bond donors (Lipinski definition) is 1. The van der Waals surface area contributed by atoms with Crippen molar-refractivity contribution in [3.05, 3.63) is 41.6 Å². The van der Waals surface area contributed by atoms with Crippen molar-refractivity contribution in [1.82, 2.24) is 10.3 Å². The summed E-state index contributed by atoms with van der Waals surface area (Å²) in [6, 6.07) is 10.6. The first kappa shape index (κ1) is 14.9. The Morgan fingerprint density at radius 3 is 2.60 bits per heavy atom. The fourth-order valence-electron chi connectivity index (χ4n) is 2.27. The average molecular weight is 274 g/mol. The van der Waals surface area contributed by atoms with Crippen molar-refractivity contribution >= 4 is 10.9 Å². The SMILES string of the molecule is COC(OC)C(C)NCc1ccc2nc(C)ccc2c1. The van der Waals surface area contributed by atoms with Gasteiger partial charge in [-0.3, -0.25) is 4.98 Å². The number of nitrogens with one attached hydrogen (secondary N) is 1. The molecular formula is C16H22N2O2. The van der Waals surface area contributed by atoms with Gasteiger partial charge in [-0.1, -0.05) is 12.1 Å². The molecule has 1 unspecified atom stereocenters. The highest BCUT2D eigenvalue weighted by Gasteiger charge is 2.14. The van der Waals surface area contributed by atoms with E-state index in [0.717, 1.165) is 23.1 Å². The van der Waals surface area contributed by atoms with Gasteiger partial charge >= 0.3 is 0 Å². The lowest BCUT2D eigenvalue weighted by Gasteiger charge is -2.22. The lowest BCUT2D eigenvalue weighted by molar-refractivity contribution is -0.119. The third-order valence-corrected chi connectivity index (χ3v) is 3.39. The highest BCUT2D eigenvalue weighted by molar-refractivity contribution is 5.79. The average Bonchev–Trinajstić information content (AvgIpc) is 2.46. The highest BCUT2D eigenvalue weighted by Crippen LogP contribution is 2.15. The van der Waals surface area contributed by atoms with E-state index >= 15 is 0 Å². The smallest absolute Gasteiger partial charge is 0.171 e. The molecule has 108 valence electrons. The van der Waals surface area contributed by atoms with Crippen molar-refractivity contribution in [2.45, 2.75) is 32.7 Å². The largest absolute Gasteiger partial charge is 0.354 e. The predicted octanol–water partition coefficient (Wildman–Crippen LogP) is 2.64. The van der Waals surface area contributed by atoms with Gasteiger partial charge in [-0.25, -0.2) is 0 Å². The second-order valence-corrected chi connectivity index (χ2v) is 4.99. The Morgan fingerprint density at radius 1 is 1.15 bits per heavy atom. The maximum atomic E-state index is 5.24. The van der Waals surface area contributed by atoms with E-state index in [-0.39, 0.29) is 12.3 Å². The maximum Gasteiger partial charge on any atom is 0.171 e. The molecule has 1 N–H and O–H groups in total. The third-order valence-electron chi connectivity index (χ3n) is 3.39. The van der Waals surface area contributed by atoms with Crippen LogP contribution < -0.4 is 5.32 Å². The molecule has 0 saturated heterocycles. The fourth-order valence-corrected chi connectivity index (χ4v) is 2.27. The van der Waals surface area contributed by atoms with Crippen LogP contribution in [0.1, 0.15) is 18.2 Å². The minimum atomic E-state index is -0.236. The minimum absolute atomic E-state index is 0.122. The van der Waals surface area contributed by atoms with Crippen LogP contribution in [0.25, 0.3) is 10.9 Å². The Morgan fingerprint density at radius 2 is 1.90 bits per heavy atom. The van der Waals surface area contributed by atoms with Crippen molar-refractivity contribution in [3.63, 3.8) is 0 Å². The zero-order valence-electron chi connectivity index (χ0n) is 12.5. The second-order valence-electron chi connectivity index (χ2n) is 4.99. The van der Waals surface area contributed by atoms with E-state index in [1.54, 1.807) is 14.2 Å². The molecule has 0 aliphatic carbocycles. The molecular weight excluding hydrogens is 252 g/mol. The summed E-state index contributed by atoms with van der Waals surface area (Å²) in [5, 5.41) is 4.57. The molecule has 4 heteroatoms. The van der Waals surface area contributed by atoms with Crippen LogP contribution in [0.4, 0.5) is 0 Å². The monoisotopic (exact) mass is 274 g/mol. The lowest BCUT2D eigenvalue weighted by Crippen LogP contribution is -2.39. The molecule has 0 bridgehead atoms. The van der Waals surface area contributed by atoms with Gasteiger partial charge in [-0.15, -0.1) is 0 Å². The van der Waals surface area contributed by atoms with Crippen LogP contribution in [0.15, 0.2) is 30.3 Å². The molecule has 0 aliphatic heterocycles. The van der Waals surface area contributed by atoms with Crippen molar-refractivity contribution in [2.75, 3.05) is 14.2 Å². The van der Waals surface area contributed by atoms with Gasteiger partial charge in [-0.2, -0.15) is 0 Å². The van der Waals surface area contributed by atoms with E-state index in [2.05, 4.69) is 34.6 Å². The molecule has 1 atom stereocenters. The van der Waals surface area contributed by atoms with Crippen LogP contribution in [0.2, 0.25) is 0 Å². The summed E-state index contributed by atoms with van der Waals surface area (Å²) in [5.41, 5.74) is 3.30. The summed E-state index contributed by atoms with van der Waals surface area (Å²) in [5.74, 6) is 0. The molecule has 20 heavy (non-hydrogen) atoms. The third kappa shape index (κ3) is 3.54. The number of hydrogen-bond acceptors (Lipinski definition) is 4. The number of fused-ring (bicyclic) bond motifs is 1. The Labute approximate surface area is 120 Å². The van der Waals surface area contributed by atoms with Crippen LogP contribution in [0.3, 0.4) is 0 Å². The molecule has 0 radical (unpaired) electrons. The number of nitrogens with zero attached hydrogens (tertiary/aromatic N) is 1. The minimum Gasteiger partial charge on any atom is -0.354 e. The summed E-state index contributed by atoms with van der Waals surface area (Å²) in [6.45, 7) is 4.82. The Balaban J connectivity index is 2.05. The summed E-state index contributed by atoms with van der Waals surface area (Å²) < 4.78 is 10.5. The van der Waals surface area contributed by atoms with Crippen LogP contribution >= 0.6 is 0 Å². The van der Waals surface area contributed by atoms with E-state index in [0.29, 0.717) is 0 Å². The molecule has 2 aromatic rings. The number of rotatable bonds is 6. The van der Waals surface area contributed by atoms with Crippen molar-refractivity contribution in [3.8, 4) is 0 Å². The molecule has 4 nitrogen and oxygen atoms in total. The molecule has 1 aromatic carbocycles. The quantitative estimate of drug-likeness (QED) is 0.822. The Kier molecular flexibility index (Phi) is 5.06. The van der Waals surface area contributed by atoms with E-state index in [1.807, 2.05) is 19.9 Å². The topological polar surface area (TPSA) is 43.4 Å². The first-order chi connectivity index (χ1) is 9.63. The van der Waals surface area contributed by atoms with Crippen LogP contribution in [0, 0.1) is 6.92 Å². The summed E-state index contributed by atoms with van der Waals surface area (Å²) >= 11 is 0. The lowest BCUT2D eigenvalue weighted by atomic mass is 10.1. The van der Waals surface area contributed by atoms with E-state index in [1.165, 1.54) is 5.56 Å². The molecule has 0 amide bonds. The number of ether oxygens (including phenoxy) is 2. The van der Waals surface area contributed by atoms with Crippen molar-refractivity contribution in [2.24, 2.45) is 0 Å². The van der Waals surface area contributed by atoms with Crippen LogP contribution in [0.5, 0.6) is 0 Å². The molecule has 0 saturated carbocycles. The number of pyridine rings is 1. The van der Waals surface area contributed by atoms with Gasteiger partial charge in [0, 0.05) is 31.8 Å². The summed E-state index contributed by atoms with van der Waals surface area (Å²) in [6.07, 6.45) is -0.236. The normalized spacial score (nSPS) is 13.1. The number of aryl methyl sites for hydroxylation is 1. The molecule has 0 aliphatic rings. The van der Waals surface area contributed by atoms with Gasteiger partial charge in [0.15, 0.2) is 6.29 Å².